The van der Waals surface area contributed by atoms with Crippen LogP contribution in [0.5, 0.6) is 5.75 Å². The zero-order valence-corrected chi connectivity index (χ0v) is 10.5. The van der Waals surface area contributed by atoms with Gasteiger partial charge in [-0.25, -0.2) is 4.79 Å². The van der Waals surface area contributed by atoms with E-state index in [9.17, 15) is 9.59 Å². The minimum absolute atomic E-state index is 0.0753. The van der Waals surface area contributed by atoms with E-state index in [1.165, 1.54) is 11.3 Å². The van der Waals surface area contributed by atoms with Crippen molar-refractivity contribution in [3.63, 3.8) is 0 Å². The van der Waals surface area contributed by atoms with Gasteiger partial charge in [0.05, 0.1) is 13.0 Å². The van der Waals surface area contributed by atoms with Gasteiger partial charge in [-0.05, 0) is 12.0 Å². The van der Waals surface area contributed by atoms with E-state index in [2.05, 4.69) is 0 Å². The molecule has 0 aliphatic heterocycles. The first-order valence-electron chi connectivity index (χ1n) is 5.20. The summed E-state index contributed by atoms with van der Waals surface area (Å²) < 4.78 is 5.27. The third-order valence-electron chi connectivity index (χ3n) is 2.09. The van der Waals surface area contributed by atoms with Crippen molar-refractivity contribution in [3.8, 4) is 5.75 Å². The van der Waals surface area contributed by atoms with E-state index in [0.29, 0.717) is 5.75 Å². The Bertz CT molecular complexity index is 425. The fourth-order valence-electron chi connectivity index (χ4n) is 1.19. The van der Waals surface area contributed by atoms with Gasteiger partial charge >= 0.3 is 5.97 Å². The molecule has 0 aliphatic rings. The minimum Gasteiger partial charge on any atom is -0.491 e. The highest BCUT2D eigenvalue weighted by Gasteiger charge is 2.18. The van der Waals surface area contributed by atoms with E-state index in [1.54, 1.807) is 6.07 Å². The molecule has 0 saturated heterocycles. The van der Waals surface area contributed by atoms with Crippen LogP contribution in [-0.2, 0) is 4.79 Å². The van der Waals surface area contributed by atoms with Crippen molar-refractivity contribution in [1.82, 2.24) is 0 Å². The van der Waals surface area contributed by atoms with Crippen molar-refractivity contribution in [2.24, 2.45) is 5.73 Å². The first-order valence-corrected chi connectivity index (χ1v) is 6.01. The van der Waals surface area contributed by atoms with Gasteiger partial charge in [0.2, 0.25) is 5.91 Å². The third-order valence-corrected chi connectivity index (χ3v) is 3.49. The van der Waals surface area contributed by atoms with E-state index in [-0.39, 0.29) is 23.8 Å². The monoisotopic (exact) mass is 257 g/mol. The normalized spacial score (nSPS) is 10.5. The van der Waals surface area contributed by atoms with Crippen LogP contribution in [0.3, 0.4) is 0 Å². The van der Waals surface area contributed by atoms with Gasteiger partial charge < -0.3 is 15.6 Å². The molecule has 0 bridgehead atoms. The van der Waals surface area contributed by atoms with Crippen LogP contribution >= 0.6 is 11.3 Å². The first kappa shape index (κ1) is 13.5. The van der Waals surface area contributed by atoms with Crippen molar-refractivity contribution >= 4 is 23.2 Å². The molecule has 0 aliphatic carbocycles. The fourth-order valence-corrected chi connectivity index (χ4v) is 2.14. The Balaban J connectivity index is 2.81. The van der Waals surface area contributed by atoms with Crippen LogP contribution in [-0.4, -0.2) is 23.6 Å². The molecule has 1 aromatic rings. The topological polar surface area (TPSA) is 89.6 Å². The molecule has 0 unspecified atom stereocenters. The molecule has 3 N–H and O–H groups in total. The maximum Gasteiger partial charge on any atom is 0.349 e. The number of carbonyl (C=O) groups is 2. The quantitative estimate of drug-likeness (QED) is 0.813. The molecule has 17 heavy (non-hydrogen) atoms. The largest absolute Gasteiger partial charge is 0.491 e. The summed E-state index contributed by atoms with van der Waals surface area (Å²) in [7, 11) is 0. The number of aromatic carboxylic acids is 1. The number of amides is 1. The van der Waals surface area contributed by atoms with Crippen LogP contribution < -0.4 is 10.5 Å². The lowest BCUT2D eigenvalue weighted by molar-refractivity contribution is -0.118. The molecular formula is C11H15NO4S. The number of thiophene rings is 1. The number of primary amides is 1. The second-order valence-electron chi connectivity index (χ2n) is 3.87. The molecule has 0 radical (unpaired) electrons. The van der Waals surface area contributed by atoms with Crippen LogP contribution in [0.15, 0.2) is 6.07 Å². The predicted molar refractivity (Wildman–Crippen MR) is 64.7 cm³/mol. The summed E-state index contributed by atoms with van der Waals surface area (Å²) >= 11 is 1.19. The number of carbonyl (C=O) groups excluding carboxylic acids is 1. The highest BCUT2D eigenvalue weighted by Crippen LogP contribution is 2.33. The molecule has 94 valence electrons. The summed E-state index contributed by atoms with van der Waals surface area (Å²) in [4.78, 5) is 22.6. The van der Waals surface area contributed by atoms with Crippen LogP contribution in [0.1, 0.15) is 40.7 Å². The Kier molecular flexibility index (Phi) is 4.51. The molecule has 6 heteroatoms. The smallest absolute Gasteiger partial charge is 0.349 e. The molecular weight excluding hydrogens is 242 g/mol. The molecule has 0 aromatic carbocycles. The van der Waals surface area contributed by atoms with Crippen molar-refractivity contribution in [1.29, 1.82) is 0 Å². The Hall–Kier alpha value is -1.56. The standard InChI is InChI=1S/C11H15NO4S/c1-6(2)8-5-7(10(17-8)11(14)15)16-4-3-9(12)13/h5-6H,3-4H2,1-2H3,(H2,12,13)(H,14,15). The fraction of sp³-hybridized carbons (Fsp3) is 0.455. The van der Waals surface area contributed by atoms with Crippen molar-refractivity contribution in [2.75, 3.05) is 6.61 Å². The highest BCUT2D eigenvalue weighted by atomic mass is 32.1. The summed E-state index contributed by atoms with van der Waals surface area (Å²) in [5.41, 5.74) is 4.98. The van der Waals surface area contributed by atoms with E-state index in [4.69, 9.17) is 15.6 Å². The molecule has 0 atom stereocenters. The highest BCUT2D eigenvalue weighted by molar-refractivity contribution is 7.14. The van der Waals surface area contributed by atoms with Crippen molar-refractivity contribution in [2.45, 2.75) is 26.2 Å². The summed E-state index contributed by atoms with van der Waals surface area (Å²) in [5, 5.41) is 9.01. The van der Waals surface area contributed by atoms with Gasteiger partial charge in [-0.2, -0.15) is 0 Å². The van der Waals surface area contributed by atoms with E-state index >= 15 is 0 Å². The van der Waals surface area contributed by atoms with Crippen LogP contribution in [0, 0.1) is 0 Å². The number of carboxylic acid groups (broad SMARTS) is 1. The van der Waals surface area contributed by atoms with Gasteiger partial charge in [0.1, 0.15) is 5.75 Å². The zero-order chi connectivity index (χ0) is 13.0. The van der Waals surface area contributed by atoms with Crippen LogP contribution in [0.2, 0.25) is 0 Å². The molecule has 1 amide bonds. The van der Waals surface area contributed by atoms with Gasteiger partial charge in [-0.3, -0.25) is 4.79 Å². The Labute approximate surface area is 103 Å². The molecule has 1 rings (SSSR count). The SMILES string of the molecule is CC(C)c1cc(OCCC(N)=O)c(C(=O)O)s1. The number of ether oxygens (including phenoxy) is 1. The Morgan fingerprint density at radius 3 is 2.65 bits per heavy atom. The number of carboxylic acids is 1. The second-order valence-corrected chi connectivity index (χ2v) is 4.95. The van der Waals surface area contributed by atoms with Gasteiger partial charge in [-0.1, -0.05) is 13.8 Å². The minimum atomic E-state index is -1.02. The molecule has 1 heterocycles. The molecule has 0 saturated carbocycles. The zero-order valence-electron chi connectivity index (χ0n) is 9.73. The lowest BCUT2D eigenvalue weighted by Crippen LogP contribution is -2.14. The molecule has 1 aromatic heterocycles. The Morgan fingerprint density at radius 2 is 2.18 bits per heavy atom. The van der Waals surface area contributed by atoms with Gasteiger partial charge in [0, 0.05) is 4.88 Å². The number of hydrogen-bond acceptors (Lipinski definition) is 4. The number of hydrogen-bond donors (Lipinski definition) is 2. The summed E-state index contributed by atoms with van der Waals surface area (Å²) in [6.07, 6.45) is 0.0753. The van der Waals surface area contributed by atoms with Gasteiger partial charge in [0.25, 0.3) is 0 Å². The van der Waals surface area contributed by atoms with Crippen LogP contribution in [0.25, 0.3) is 0 Å². The van der Waals surface area contributed by atoms with E-state index in [0.717, 1.165) is 4.88 Å². The molecule has 0 fully saturated rings. The van der Waals surface area contributed by atoms with E-state index in [1.807, 2.05) is 13.8 Å². The van der Waals surface area contributed by atoms with E-state index < -0.39 is 11.9 Å². The maximum absolute atomic E-state index is 11.0. The summed E-state index contributed by atoms with van der Waals surface area (Å²) in [5.74, 6) is -0.934. The van der Waals surface area contributed by atoms with Gasteiger partial charge in [0.15, 0.2) is 4.88 Å². The van der Waals surface area contributed by atoms with Crippen LogP contribution in [0.4, 0.5) is 0 Å². The average molecular weight is 257 g/mol. The lowest BCUT2D eigenvalue weighted by atomic mass is 10.2. The Morgan fingerprint density at radius 1 is 1.53 bits per heavy atom. The van der Waals surface area contributed by atoms with Crippen molar-refractivity contribution < 1.29 is 19.4 Å². The van der Waals surface area contributed by atoms with Crippen molar-refractivity contribution in [3.05, 3.63) is 15.8 Å². The second kappa shape index (κ2) is 5.67. The number of nitrogens with two attached hydrogens (primary N) is 1. The van der Waals surface area contributed by atoms with Gasteiger partial charge in [-0.15, -0.1) is 11.3 Å². The average Bonchev–Trinajstić information content (AvgIpc) is 2.61. The molecule has 5 nitrogen and oxygen atoms in total. The summed E-state index contributed by atoms with van der Waals surface area (Å²) in [6.45, 7) is 4.05. The summed E-state index contributed by atoms with van der Waals surface area (Å²) in [6, 6.07) is 1.71. The number of rotatable bonds is 6. The predicted octanol–water partition coefficient (Wildman–Crippen LogP) is 1.82. The lowest BCUT2D eigenvalue weighted by Gasteiger charge is -2.03. The molecule has 0 spiro atoms. The first-order chi connectivity index (χ1) is 7.91. The maximum atomic E-state index is 11.0. The third kappa shape index (κ3) is 3.74.